The Morgan fingerprint density at radius 3 is 2.50 bits per heavy atom. The van der Waals surface area contributed by atoms with Gasteiger partial charge in [-0.05, 0) is 57.0 Å². The molecule has 0 aliphatic carbocycles. The summed E-state index contributed by atoms with van der Waals surface area (Å²) in [6.07, 6.45) is 2.13. The molecular formula is C16H26BrClN2. The van der Waals surface area contributed by atoms with E-state index in [-0.39, 0.29) is 6.04 Å². The summed E-state index contributed by atoms with van der Waals surface area (Å²) in [4.78, 5) is 2.38. The summed E-state index contributed by atoms with van der Waals surface area (Å²) in [5, 5.41) is 0.741. The molecule has 2 unspecified atom stereocenters. The molecule has 1 aromatic carbocycles. The summed E-state index contributed by atoms with van der Waals surface area (Å²) in [6, 6.07) is 6.48. The lowest BCUT2D eigenvalue weighted by Crippen LogP contribution is -2.32. The first-order chi connectivity index (χ1) is 9.31. The molecule has 0 radical (unpaired) electrons. The highest BCUT2D eigenvalue weighted by molar-refractivity contribution is 9.10. The number of nitrogens with two attached hydrogens (primary N) is 1. The van der Waals surface area contributed by atoms with Gasteiger partial charge in [0.1, 0.15) is 0 Å². The maximum Gasteiger partial charge on any atom is 0.0464 e. The predicted molar refractivity (Wildman–Crippen MR) is 92.2 cm³/mol. The Hall–Kier alpha value is -0.0900. The van der Waals surface area contributed by atoms with Gasteiger partial charge in [-0.15, -0.1) is 0 Å². The quantitative estimate of drug-likeness (QED) is 0.751. The second kappa shape index (κ2) is 8.38. The first-order valence-corrected chi connectivity index (χ1v) is 8.39. The first kappa shape index (κ1) is 18.0. The number of hydrogen-bond acceptors (Lipinski definition) is 2. The van der Waals surface area contributed by atoms with Gasteiger partial charge < -0.3 is 10.6 Å². The summed E-state index contributed by atoms with van der Waals surface area (Å²) < 4.78 is 0.987. The maximum atomic E-state index is 6.27. The van der Waals surface area contributed by atoms with E-state index in [0.29, 0.717) is 6.04 Å². The van der Waals surface area contributed by atoms with Crippen LogP contribution in [-0.2, 0) is 0 Å². The van der Waals surface area contributed by atoms with E-state index in [9.17, 15) is 0 Å². The predicted octanol–water partition coefficient (Wildman–Crippen LogP) is 4.86. The van der Waals surface area contributed by atoms with E-state index >= 15 is 0 Å². The third-order valence-electron chi connectivity index (χ3n) is 3.72. The highest BCUT2D eigenvalue weighted by Gasteiger charge is 2.15. The molecule has 0 bridgehead atoms. The molecule has 2 nitrogen and oxygen atoms in total. The normalized spacial score (nSPS) is 14.8. The van der Waals surface area contributed by atoms with Crippen molar-refractivity contribution in [1.29, 1.82) is 0 Å². The minimum atomic E-state index is -0.00991. The zero-order chi connectivity index (χ0) is 15.3. The van der Waals surface area contributed by atoms with Crippen LogP contribution >= 0.6 is 27.5 Å². The van der Waals surface area contributed by atoms with Crippen molar-refractivity contribution in [3.05, 3.63) is 33.3 Å². The molecule has 114 valence electrons. The van der Waals surface area contributed by atoms with Crippen molar-refractivity contribution >= 4 is 27.5 Å². The van der Waals surface area contributed by atoms with Crippen LogP contribution in [0.5, 0.6) is 0 Å². The second-order valence-electron chi connectivity index (χ2n) is 6.02. The van der Waals surface area contributed by atoms with E-state index in [2.05, 4.69) is 48.6 Å². The van der Waals surface area contributed by atoms with Crippen molar-refractivity contribution in [3.63, 3.8) is 0 Å². The number of nitrogens with zero attached hydrogens (tertiary/aromatic N) is 1. The average Bonchev–Trinajstić information content (AvgIpc) is 2.34. The summed E-state index contributed by atoms with van der Waals surface area (Å²) >= 11 is 9.66. The summed E-state index contributed by atoms with van der Waals surface area (Å²) in [5.41, 5.74) is 7.30. The van der Waals surface area contributed by atoms with Crippen molar-refractivity contribution in [2.45, 2.75) is 45.7 Å². The molecule has 0 aromatic heterocycles. The summed E-state index contributed by atoms with van der Waals surface area (Å²) in [7, 11) is 2.17. The van der Waals surface area contributed by atoms with E-state index < -0.39 is 0 Å². The van der Waals surface area contributed by atoms with Crippen LogP contribution in [0.25, 0.3) is 0 Å². The smallest absolute Gasteiger partial charge is 0.0464 e. The molecule has 1 aromatic rings. The van der Waals surface area contributed by atoms with Gasteiger partial charge in [0.05, 0.1) is 0 Å². The van der Waals surface area contributed by atoms with Gasteiger partial charge in [0.2, 0.25) is 0 Å². The molecule has 0 spiro atoms. The van der Waals surface area contributed by atoms with Crippen molar-refractivity contribution in [2.75, 3.05) is 13.6 Å². The Labute approximate surface area is 136 Å². The molecule has 0 fully saturated rings. The number of benzene rings is 1. The summed E-state index contributed by atoms with van der Waals surface area (Å²) in [6.45, 7) is 7.79. The lowest BCUT2D eigenvalue weighted by atomic mass is 10.0. The zero-order valence-electron chi connectivity index (χ0n) is 12.9. The van der Waals surface area contributed by atoms with E-state index in [0.717, 1.165) is 33.9 Å². The van der Waals surface area contributed by atoms with Crippen LogP contribution in [0.3, 0.4) is 0 Å². The minimum absolute atomic E-state index is 0.00991. The topological polar surface area (TPSA) is 29.3 Å². The van der Waals surface area contributed by atoms with Crippen LogP contribution in [-0.4, -0.2) is 24.5 Å². The zero-order valence-corrected chi connectivity index (χ0v) is 15.2. The van der Waals surface area contributed by atoms with E-state index in [1.54, 1.807) is 0 Å². The van der Waals surface area contributed by atoms with Crippen molar-refractivity contribution in [2.24, 2.45) is 11.7 Å². The highest BCUT2D eigenvalue weighted by atomic mass is 79.9. The van der Waals surface area contributed by atoms with E-state index in [1.165, 1.54) is 6.42 Å². The van der Waals surface area contributed by atoms with Crippen LogP contribution in [0, 0.1) is 5.92 Å². The Balaban J connectivity index is 2.52. The fraction of sp³-hybridized carbons (Fsp3) is 0.625. The molecule has 20 heavy (non-hydrogen) atoms. The Morgan fingerprint density at radius 2 is 1.95 bits per heavy atom. The lowest BCUT2D eigenvalue weighted by Gasteiger charge is -2.27. The molecular weight excluding hydrogens is 336 g/mol. The summed E-state index contributed by atoms with van der Waals surface area (Å²) in [5.74, 6) is 0.724. The molecule has 0 heterocycles. The number of halogens is 2. The minimum Gasteiger partial charge on any atom is -0.324 e. The molecule has 4 heteroatoms. The SMILES string of the molecule is CC(C)CC(C)N(C)CCC(N)c1ccc(Br)cc1Cl. The van der Waals surface area contributed by atoms with Crippen LogP contribution in [0.15, 0.2) is 22.7 Å². The van der Waals surface area contributed by atoms with Gasteiger partial charge in [-0.2, -0.15) is 0 Å². The molecule has 2 atom stereocenters. The standard InChI is InChI=1S/C16H26BrClN2/c1-11(2)9-12(3)20(4)8-7-16(19)14-6-5-13(17)10-15(14)18/h5-6,10-12,16H,7-9,19H2,1-4H3. The Kier molecular flexibility index (Phi) is 7.52. The van der Waals surface area contributed by atoms with Gasteiger partial charge in [-0.3, -0.25) is 0 Å². The van der Waals surface area contributed by atoms with E-state index in [4.69, 9.17) is 17.3 Å². The lowest BCUT2D eigenvalue weighted by molar-refractivity contribution is 0.221. The van der Waals surface area contributed by atoms with Crippen molar-refractivity contribution in [1.82, 2.24) is 4.90 Å². The van der Waals surface area contributed by atoms with Gasteiger partial charge in [0, 0.05) is 21.6 Å². The van der Waals surface area contributed by atoms with Gasteiger partial charge >= 0.3 is 0 Å². The van der Waals surface area contributed by atoms with Gasteiger partial charge in [-0.1, -0.05) is 47.4 Å². The Bertz CT molecular complexity index is 423. The number of rotatable bonds is 7. The fourth-order valence-electron chi connectivity index (χ4n) is 2.38. The first-order valence-electron chi connectivity index (χ1n) is 7.22. The monoisotopic (exact) mass is 360 g/mol. The third kappa shape index (κ3) is 5.72. The molecule has 0 saturated heterocycles. The Morgan fingerprint density at radius 1 is 1.30 bits per heavy atom. The molecule has 0 amide bonds. The molecule has 0 saturated carbocycles. The van der Waals surface area contributed by atoms with Crippen LogP contribution in [0.2, 0.25) is 5.02 Å². The van der Waals surface area contributed by atoms with Crippen molar-refractivity contribution in [3.8, 4) is 0 Å². The molecule has 1 rings (SSSR count). The average molecular weight is 362 g/mol. The van der Waals surface area contributed by atoms with Gasteiger partial charge in [0.15, 0.2) is 0 Å². The van der Waals surface area contributed by atoms with Crippen LogP contribution in [0.1, 0.15) is 45.2 Å². The van der Waals surface area contributed by atoms with E-state index in [1.807, 2.05) is 18.2 Å². The third-order valence-corrected chi connectivity index (χ3v) is 4.54. The largest absolute Gasteiger partial charge is 0.324 e. The maximum absolute atomic E-state index is 6.27. The number of hydrogen-bond donors (Lipinski definition) is 1. The second-order valence-corrected chi connectivity index (χ2v) is 7.34. The highest BCUT2D eigenvalue weighted by Crippen LogP contribution is 2.27. The van der Waals surface area contributed by atoms with Gasteiger partial charge in [0.25, 0.3) is 0 Å². The van der Waals surface area contributed by atoms with Gasteiger partial charge in [-0.25, -0.2) is 0 Å². The van der Waals surface area contributed by atoms with Crippen molar-refractivity contribution < 1.29 is 0 Å². The van der Waals surface area contributed by atoms with Crippen LogP contribution < -0.4 is 5.73 Å². The molecule has 0 aliphatic rings. The molecule has 2 N–H and O–H groups in total. The molecule has 0 aliphatic heterocycles. The van der Waals surface area contributed by atoms with Crippen LogP contribution in [0.4, 0.5) is 0 Å². The fourth-order valence-corrected chi connectivity index (χ4v) is 3.20.